The second-order valence-electron chi connectivity index (χ2n) is 5.73. The van der Waals surface area contributed by atoms with Gasteiger partial charge in [-0.3, -0.25) is 10.2 Å². The first-order valence-corrected chi connectivity index (χ1v) is 7.78. The molecule has 2 N–H and O–H groups in total. The van der Waals surface area contributed by atoms with E-state index in [-0.39, 0.29) is 35.4 Å². The number of hydrogen-bond donors (Lipinski definition) is 2. The van der Waals surface area contributed by atoms with Gasteiger partial charge in [0.25, 0.3) is 0 Å². The fourth-order valence-corrected chi connectivity index (χ4v) is 2.12. The standard InChI is InChI=1S/C18H19F2N5O/c1-11(26)16(22-9-12-6-4-5-7-13(12)19)8-15(21)17-23-10-14(20)18(24-17)25(2)3/h4-8,10,21-22H,9H2,1-3H3/b16-8-,21-15?. The van der Waals surface area contributed by atoms with Crippen molar-refractivity contribution in [2.75, 3.05) is 19.0 Å². The Morgan fingerprint density at radius 3 is 2.58 bits per heavy atom. The number of allylic oxidation sites excluding steroid dienone is 2. The van der Waals surface area contributed by atoms with Crippen molar-refractivity contribution in [1.29, 1.82) is 5.41 Å². The molecule has 0 saturated heterocycles. The van der Waals surface area contributed by atoms with E-state index in [0.29, 0.717) is 5.56 Å². The molecule has 26 heavy (non-hydrogen) atoms. The topological polar surface area (TPSA) is 82.0 Å². The Labute approximate surface area is 150 Å². The summed E-state index contributed by atoms with van der Waals surface area (Å²) in [5.74, 6) is -1.32. The van der Waals surface area contributed by atoms with E-state index in [9.17, 15) is 13.6 Å². The Bertz CT molecular complexity index is 864. The number of aromatic nitrogens is 2. The molecule has 0 aliphatic rings. The van der Waals surface area contributed by atoms with Crippen molar-refractivity contribution in [3.63, 3.8) is 0 Å². The summed E-state index contributed by atoms with van der Waals surface area (Å²) < 4.78 is 27.3. The highest BCUT2D eigenvalue weighted by Gasteiger charge is 2.13. The molecule has 0 bridgehead atoms. The van der Waals surface area contributed by atoms with Gasteiger partial charge in [0, 0.05) is 33.1 Å². The summed E-state index contributed by atoms with van der Waals surface area (Å²) in [4.78, 5) is 21.0. The predicted octanol–water partition coefficient (Wildman–Crippen LogP) is 2.45. The number of halogens is 2. The first-order chi connectivity index (χ1) is 12.3. The molecule has 0 amide bonds. The molecule has 2 rings (SSSR count). The van der Waals surface area contributed by atoms with E-state index in [2.05, 4.69) is 15.3 Å². The quantitative estimate of drug-likeness (QED) is 0.586. The maximum atomic E-state index is 13.7. The highest BCUT2D eigenvalue weighted by molar-refractivity contribution is 6.09. The number of benzene rings is 1. The van der Waals surface area contributed by atoms with Crippen LogP contribution >= 0.6 is 0 Å². The normalized spacial score (nSPS) is 11.2. The minimum Gasteiger partial charge on any atom is -0.378 e. The summed E-state index contributed by atoms with van der Waals surface area (Å²) >= 11 is 0. The maximum absolute atomic E-state index is 13.7. The van der Waals surface area contributed by atoms with Gasteiger partial charge < -0.3 is 10.2 Å². The molecule has 8 heteroatoms. The van der Waals surface area contributed by atoms with Crippen molar-refractivity contribution >= 4 is 17.3 Å². The molecule has 1 aromatic carbocycles. The van der Waals surface area contributed by atoms with Gasteiger partial charge in [0.15, 0.2) is 23.2 Å². The second-order valence-corrected chi connectivity index (χ2v) is 5.73. The molecule has 2 aromatic rings. The maximum Gasteiger partial charge on any atom is 0.183 e. The third-order valence-electron chi connectivity index (χ3n) is 3.49. The highest BCUT2D eigenvalue weighted by atomic mass is 19.1. The van der Waals surface area contributed by atoms with Crippen molar-refractivity contribution < 1.29 is 13.6 Å². The number of rotatable bonds is 7. The van der Waals surface area contributed by atoms with E-state index >= 15 is 0 Å². The summed E-state index contributed by atoms with van der Waals surface area (Å²) in [7, 11) is 3.23. The smallest absolute Gasteiger partial charge is 0.183 e. The number of carbonyl (C=O) groups excluding carboxylic acids is 1. The van der Waals surface area contributed by atoms with Crippen LogP contribution in [0.2, 0.25) is 0 Å². The molecule has 136 valence electrons. The average molecular weight is 359 g/mol. The van der Waals surface area contributed by atoms with Gasteiger partial charge in [-0.15, -0.1) is 0 Å². The second kappa shape index (κ2) is 8.28. The molecule has 0 atom stereocenters. The minimum atomic E-state index is -0.611. The van der Waals surface area contributed by atoms with E-state index in [1.54, 1.807) is 32.3 Å². The van der Waals surface area contributed by atoms with Crippen LogP contribution in [0.1, 0.15) is 18.3 Å². The Morgan fingerprint density at radius 2 is 1.96 bits per heavy atom. The van der Waals surface area contributed by atoms with Gasteiger partial charge in [0.1, 0.15) is 11.5 Å². The summed E-state index contributed by atoms with van der Waals surface area (Å²) in [5, 5.41) is 10.9. The Kier molecular flexibility index (Phi) is 6.11. The van der Waals surface area contributed by atoms with Crippen LogP contribution < -0.4 is 10.2 Å². The number of nitrogens with one attached hydrogen (secondary N) is 2. The van der Waals surface area contributed by atoms with E-state index in [1.165, 1.54) is 24.0 Å². The molecule has 6 nitrogen and oxygen atoms in total. The fraction of sp³-hybridized carbons (Fsp3) is 0.222. The van der Waals surface area contributed by atoms with Crippen LogP contribution in [0, 0.1) is 17.0 Å². The Balaban J connectivity index is 2.22. The van der Waals surface area contributed by atoms with E-state index in [4.69, 9.17) is 5.41 Å². The lowest BCUT2D eigenvalue weighted by molar-refractivity contribution is -0.114. The number of Topliss-reactive ketones (excluding diaryl/α,β-unsaturated/α-hetero) is 1. The van der Waals surface area contributed by atoms with E-state index < -0.39 is 11.6 Å². The van der Waals surface area contributed by atoms with E-state index in [1.807, 2.05) is 0 Å². The molecule has 0 spiro atoms. The summed E-state index contributed by atoms with van der Waals surface area (Å²) in [5.41, 5.74) is 0.330. The van der Waals surface area contributed by atoms with E-state index in [0.717, 1.165) is 6.20 Å². The van der Waals surface area contributed by atoms with Crippen LogP contribution in [0.4, 0.5) is 14.6 Å². The van der Waals surface area contributed by atoms with Gasteiger partial charge >= 0.3 is 0 Å². The van der Waals surface area contributed by atoms with Gasteiger partial charge in [0.05, 0.1) is 11.9 Å². The predicted molar refractivity (Wildman–Crippen MR) is 95.1 cm³/mol. The lowest BCUT2D eigenvalue weighted by Gasteiger charge is -2.13. The first kappa shape index (κ1) is 19.2. The third kappa shape index (κ3) is 4.69. The molecular formula is C18H19F2N5O. The van der Waals surface area contributed by atoms with Gasteiger partial charge in [-0.25, -0.2) is 18.7 Å². The average Bonchev–Trinajstić information content (AvgIpc) is 2.59. The SMILES string of the molecule is CC(=O)/C(=C/C(=N)c1ncc(F)c(N(C)C)n1)NCc1ccccc1F. The largest absolute Gasteiger partial charge is 0.378 e. The van der Waals surface area contributed by atoms with Crippen molar-refractivity contribution in [2.24, 2.45) is 0 Å². The summed E-state index contributed by atoms with van der Waals surface area (Å²) in [6.07, 6.45) is 2.22. The molecule has 1 heterocycles. The molecule has 0 saturated carbocycles. The minimum absolute atomic E-state index is 0.0264. The Hall–Kier alpha value is -3.16. The zero-order chi connectivity index (χ0) is 19.3. The lowest BCUT2D eigenvalue weighted by Crippen LogP contribution is -2.21. The summed E-state index contributed by atoms with van der Waals surface area (Å²) in [6.45, 7) is 1.41. The van der Waals surface area contributed by atoms with Gasteiger partial charge in [-0.2, -0.15) is 0 Å². The van der Waals surface area contributed by atoms with Crippen LogP contribution in [0.5, 0.6) is 0 Å². The molecule has 0 radical (unpaired) electrons. The van der Waals surface area contributed by atoms with Gasteiger partial charge in [-0.05, 0) is 12.1 Å². The number of nitrogens with zero attached hydrogens (tertiary/aromatic N) is 3. The van der Waals surface area contributed by atoms with Gasteiger partial charge in [-0.1, -0.05) is 18.2 Å². The number of carbonyl (C=O) groups is 1. The molecule has 0 fully saturated rings. The lowest BCUT2D eigenvalue weighted by atomic mass is 10.2. The van der Waals surface area contributed by atoms with Crippen LogP contribution in [0.15, 0.2) is 42.2 Å². The number of ketones is 1. The zero-order valence-corrected chi connectivity index (χ0v) is 14.7. The first-order valence-electron chi connectivity index (χ1n) is 7.78. The molecule has 0 aliphatic heterocycles. The third-order valence-corrected chi connectivity index (χ3v) is 3.49. The molecular weight excluding hydrogens is 340 g/mol. The monoisotopic (exact) mass is 359 g/mol. The summed E-state index contributed by atoms with van der Waals surface area (Å²) in [6, 6.07) is 6.18. The number of hydrogen-bond acceptors (Lipinski definition) is 6. The van der Waals surface area contributed by atoms with Crippen molar-refractivity contribution in [2.45, 2.75) is 13.5 Å². The van der Waals surface area contributed by atoms with Crippen molar-refractivity contribution in [1.82, 2.24) is 15.3 Å². The highest BCUT2D eigenvalue weighted by Crippen LogP contribution is 2.13. The Morgan fingerprint density at radius 1 is 1.27 bits per heavy atom. The molecule has 0 unspecified atom stereocenters. The van der Waals surface area contributed by atoms with Crippen LogP contribution in [0.3, 0.4) is 0 Å². The van der Waals surface area contributed by atoms with Crippen molar-refractivity contribution in [3.8, 4) is 0 Å². The molecule has 1 aromatic heterocycles. The number of anilines is 1. The zero-order valence-electron chi connectivity index (χ0n) is 14.7. The van der Waals surface area contributed by atoms with Crippen LogP contribution in [-0.2, 0) is 11.3 Å². The fourth-order valence-electron chi connectivity index (χ4n) is 2.12. The molecule has 0 aliphatic carbocycles. The van der Waals surface area contributed by atoms with Crippen molar-refractivity contribution in [3.05, 3.63) is 65.3 Å². The van der Waals surface area contributed by atoms with Crippen LogP contribution in [0.25, 0.3) is 0 Å². The van der Waals surface area contributed by atoms with Gasteiger partial charge in [0.2, 0.25) is 0 Å². The van der Waals surface area contributed by atoms with Crippen LogP contribution in [-0.4, -0.2) is 35.6 Å².